The van der Waals surface area contributed by atoms with E-state index in [0.29, 0.717) is 6.17 Å². The molecule has 0 saturated heterocycles. The summed E-state index contributed by atoms with van der Waals surface area (Å²) in [6.45, 7) is 9.50. The summed E-state index contributed by atoms with van der Waals surface area (Å²) < 4.78 is 0. The highest BCUT2D eigenvalue weighted by molar-refractivity contribution is 4.97. The molecule has 0 aliphatic carbocycles. The molecule has 0 spiro atoms. The smallest absolute Gasteiger partial charge is 0.101 e. The van der Waals surface area contributed by atoms with Crippen molar-refractivity contribution in [1.29, 1.82) is 0 Å². The molecular weight excluding hydrogens is 581 g/mol. The van der Waals surface area contributed by atoms with Crippen molar-refractivity contribution in [1.82, 2.24) is 9.80 Å². The topological polar surface area (TPSA) is 6.48 Å². The number of rotatable bonds is 40. The molecule has 1 heterocycles. The number of unbranched alkanes of at least 4 members (excludes halogenated alkanes) is 34. The van der Waals surface area contributed by atoms with E-state index in [4.69, 9.17) is 0 Å². The lowest BCUT2D eigenvalue weighted by Crippen LogP contribution is -2.39. The van der Waals surface area contributed by atoms with E-state index in [0.717, 1.165) is 0 Å². The Kier molecular flexibility index (Phi) is 35.5. The second-order valence-electron chi connectivity index (χ2n) is 16.1. The van der Waals surface area contributed by atoms with Crippen LogP contribution in [0, 0.1) is 0 Å². The zero-order valence-electron chi connectivity index (χ0n) is 33.9. The minimum absolute atomic E-state index is 0.638. The second kappa shape index (κ2) is 37.6. The van der Waals surface area contributed by atoms with E-state index in [1.54, 1.807) is 0 Å². The van der Waals surface area contributed by atoms with E-state index in [-0.39, 0.29) is 0 Å². The van der Waals surface area contributed by atoms with Gasteiger partial charge >= 0.3 is 0 Å². The van der Waals surface area contributed by atoms with Gasteiger partial charge in [-0.15, -0.1) is 0 Å². The molecule has 1 aliphatic rings. The third-order valence-corrected chi connectivity index (χ3v) is 11.3. The van der Waals surface area contributed by atoms with E-state index in [1.165, 1.54) is 257 Å². The number of hydrogen-bond donors (Lipinski definition) is 0. The highest BCUT2D eigenvalue weighted by Gasteiger charge is 2.24. The molecule has 0 aromatic heterocycles. The first-order valence-corrected chi connectivity index (χ1v) is 23.0. The molecule has 1 rings (SSSR count). The fourth-order valence-electron chi connectivity index (χ4n) is 7.95. The lowest BCUT2D eigenvalue weighted by Gasteiger charge is -2.33. The molecule has 0 atom stereocenters. The van der Waals surface area contributed by atoms with E-state index in [1.807, 2.05) is 0 Å². The van der Waals surface area contributed by atoms with Crippen LogP contribution in [-0.2, 0) is 0 Å². The van der Waals surface area contributed by atoms with E-state index < -0.39 is 0 Å². The van der Waals surface area contributed by atoms with Gasteiger partial charge in [0, 0.05) is 25.5 Å². The van der Waals surface area contributed by atoms with Crippen LogP contribution in [0.25, 0.3) is 0 Å². The zero-order chi connectivity index (χ0) is 34.4. The first-order chi connectivity index (χ1) is 23.8. The summed E-state index contributed by atoms with van der Waals surface area (Å²) >= 11 is 0. The van der Waals surface area contributed by atoms with Gasteiger partial charge in [-0.3, -0.25) is 0 Å². The maximum atomic E-state index is 2.72. The number of hydrogen-bond acceptors (Lipinski definition) is 2. The predicted octanol–water partition coefficient (Wildman–Crippen LogP) is 16.3. The zero-order valence-corrected chi connectivity index (χ0v) is 33.9. The van der Waals surface area contributed by atoms with Gasteiger partial charge in [-0.25, -0.2) is 0 Å². The molecule has 1 aliphatic heterocycles. The molecule has 0 saturated carbocycles. The predicted molar refractivity (Wildman–Crippen MR) is 219 cm³/mol. The van der Waals surface area contributed by atoms with Gasteiger partial charge in [-0.2, -0.15) is 0 Å². The average molecular weight is 673 g/mol. The van der Waals surface area contributed by atoms with Crippen molar-refractivity contribution in [3.8, 4) is 0 Å². The van der Waals surface area contributed by atoms with Gasteiger partial charge in [0.15, 0.2) is 0 Å². The SMILES string of the molecule is CCCCCCCCCCCCCCCCCCN1C=CN(CCCCCCCCCCCCCCCCCC)C1CCCCCCC. The Labute approximate surface area is 305 Å². The maximum Gasteiger partial charge on any atom is 0.101 e. The quantitative estimate of drug-likeness (QED) is 0.0598. The van der Waals surface area contributed by atoms with Crippen LogP contribution in [0.5, 0.6) is 0 Å². The van der Waals surface area contributed by atoms with Crippen LogP contribution in [0.1, 0.15) is 265 Å². The molecule has 0 unspecified atom stereocenters. The van der Waals surface area contributed by atoms with Crippen molar-refractivity contribution in [2.45, 2.75) is 271 Å². The maximum absolute atomic E-state index is 2.72. The summed E-state index contributed by atoms with van der Waals surface area (Å²) in [6.07, 6.45) is 60.4. The second-order valence-corrected chi connectivity index (χ2v) is 16.1. The molecule has 0 N–H and O–H groups in total. The van der Waals surface area contributed by atoms with Crippen LogP contribution in [-0.4, -0.2) is 29.1 Å². The van der Waals surface area contributed by atoms with Crippen LogP contribution in [0.4, 0.5) is 0 Å². The van der Waals surface area contributed by atoms with Crippen molar-refractivity contribution < 1.29 is 0 Å². The summed E-state index contributed by atoms with van der Waals surface area (Å²) in [6, 6.07) is 0. The Morgan fingerprint density at radius 3 is 0.729 bits per heavy atom. The summed E-state index contributed by atoms with van der Waals surface area (Å²) in [4.78, 5) is 5.44. The molecule has 0 aromatic rings. The van der Waals surface area contributed by atoms with Crippen LogP contribution in [0.2, 0.25) is 0 Å². The third kappa shape index (κ3) is 29.1. The third-order valence-electron chi connectivity index (χ3n) is 11.3. The monoisotopic (exact) mass is 673 g/mol. The lowest BCUT2D eigenvalue weighted by molar-refractivity contribution is 0.135. The molecule has 0 fully saturated rings. The van der Waals surface area contributed by atoms with Crippen molar-refractivity contribution in [3.05, 3.63) is 12.4 Å². The molecule has 2 heteroatoms. The van der Waals surface area contributed by atoms with E-state index in [2.05, 4.69) is 43.0 Å². The van der Waals surface area contributed by atoms with Gasteiger partial charge in [-0.1, -0.05) is 239 Å². The molecule has 0 bridgehead atoms. The van der Waals surface area contributed by atoms with Gasteiger partial charge in [0.25, 0.3) is 0 Å². The van der Waals surface area contributed by atoms with Crippen LogP contribution < -0.4 is 0 Å². The van der Waals surface area contributed by atoms with E-state index in [9.17, 15) is 0 Å². The van der Waals surface area contributed by atoms with Crippen molar-refractivity contribution in [2.24, 2.45) is 0 Å². The molecule has 0 aromatic carbocycles. The summed E-state index contributed by atoms with van der Waals surface area (Å²) in [5, 5.41) is 0. The first-order valence-electron chi connectivity index (χ1n) is 23.0. The Bertz CT molecular complexity index is 584. The van der Waals surface area contributed by atoms with E-state index >= 15 is 0 Å². The minimum Gasteiger partial charge on any atom is -0.356 e. The van der Waals surface area contributed by atoms with Gasteiger partial charge in [0.05, 0.1) is 0 Å². The Balaban J connectivity index is 2.06. The van der Waals surface area contributed by atoms with Crippen molar-refractivity contribution >= 4 is 0 Å². The Morgan fingerprint density at radius 2 is 0.479 bits per heavy atom. The fraction of sp³-hybridized carbons (Fsp3) is 0.957. The summed E-state index contributed by atoms with van der Waals surface area (Å²) in [7, 11) is 0. The van der Waals surface area contributed by atoms with Crippen LogP contribution >= 0.6 is 0 Å². The van der Waals surface area contributed by atoms with Gasteiger partial charge in [0.2, 0.25) is 0 Å². The first kappa shape index (κ1) is 45.4. The highest BCUT2D eigenvalue weighted by Crippen LogP contribution is 2.24. The van der Waals surface area contributed by atoms with Crippen molar-refractivity contribution in [2.75, 3.05) is 13.1 Å². The van der Waals surface area contributed by atoms with Gasteiger partial charge < -0.3 is 9.80 Å². The molecule has 2 nitrogen and oxygen atoms in total. The minimum atomic E-state index is 0.638. The van der Waals surface area contributed by atoms with Gasteiger partial charge in [0.1, 0.15) is 6.17 Å². The highest BCUT2D eigenvalue weighted by atomic mass is 15.4. The lowest BCUT2D eigenvalue weighted by atomic mass is 10.0. The molecular formula is C46H92N2. The molecule has 0 amide bonds. The Morgan fingerprint density at radius 1 is 0.271 bits per heavy atom. The average Bonchev–Trinajstić information content (AvgIpc) is 3.48. The van der Waals surface area contributed by atoms with Crippen LogP contribution in [0.3, 0.4) is 0 Å². The Hall–Kier alpha value is -0.660. The normalized spacial score (nSPS) is 13.5. The fourth-order valence-corrected chi connectivity index (χ4v) is 7.95. The molecule has 48 heavy (non-hydrogen) atoms. The van der Waals surface area contributed by atoms with Crippen LogP contribution in [0.15, 0.2) is 12.4 Å². The summed E-state index contributed by atoms with van der Waals surface area (Å²) in [5.74, 6) is 0. The van der Waals surface area contributed by atoms with Gasteiger partial charge in [-0.05, 0) is 25.7 Å². The van der Waals surface area contributed by atoms with Crippen molar-refractivity contribution in [3.63, 3.8) is 0 Å². The molecule has 286 valence electrons. The number of nitrogens with zero attached hydrogens (tertiary/aromatic N) is 2. The molecule has 0 radical (unpaired) electrons. The standard InChI is InChI=1S/C46H92N2/c1-4-7-10-13-15-17-19-21-23-25-27-29-31-33-36-39-42-47-44-45-48(46(47)41-38-35-12-9-6-3)43-40-37-34-32-30-28-26-24-22-20-18-16-14-11-8-5-2/h44-46H,4-43H2,1-3H3. The summed E-state index contributed by atoms with van der Waals surface area (Å²) in [5.41, 5.74) is 0. The largest absolute Gasteiger partial charge is 0.356 e.